The third-order valence-electron chi connectivity index (χ3n) is 3.20. The molecule has 2 atom stereocenters. The first kappa shape index (κ1) is 15.4. The van der Waals surface area contributed by atoms with Gasteiger partial charge in [0.1, 0.15) is 11.6 Å². The lowest BCUT2D eigenvalue weighted by Gasteiger charge is -2.25. The Bertz CT molecular complexity index is 396. The van der Waals surface area contributed by atoms with Gasteiger partial charge in [0.2, 0.25) is 0 Å². The van der Waals surface area contributed by atoms with E-state index in [0.717, 1.165) is 25.5 Å². The maximum atomic E-state index is 13.9. The lowest BCUT2D eigenvalue weighted by Crippen LogP contribution is -2.28. The zero-order valence-electron chi connectivity index (χ0n) is 11.1. The van der Waals surface area contributed by atoms with Crippen molar-refractivity contribution in [3.05, 3.63) is 34.4 Å². The summed E-state index contributed by atoms with van der Waals surface area (Å²) >= 11 is 5.57. The van der Waals surface area contributed by atoms with Gasteiger partial charge in [0.15, 0.2) is 0 Å². The molecule has 0 aliphatic heterocycles. The molecule has 0 radical (unpaired) electrons. The summed E-state index contributed by atoms with van der Waals surface area (Å²) in [7, 11) is 0. The van der Waals surface area contributed by atoms with E-state index in [1.54, 1.807) is 0 Å². The fraction of sp³-hybridized carbons (Fsp3) is 0.571. The minimum absolute atomic E-state index is 0.172. The molecule has 18 heavy (non-hydrogen) atoms. The molecule has 0 aromatic heterocycles. The molecule has 102 valence electrons. The number of nitrogens with one attached hydrogen (secondary N) is 1. The van der Waals surface area contributed by atoms with Gasteiger partial charge < -0.3 is 5.32 Å². The first-order chi connectivity index (χ1) is 8.51. The van der Waals surface area contributed by atoms with Gasteiger partial charge in [0.25, 0.3) is 0 Å². The highest BCUT2D eigenvalue weighted by atomic mass is 35.5. The van der Waals surface area contributed by atoms with Crippen LogP contribution in [-0.2, 0) is 0 Å². The molecule has 0 amide bonds. The molecule has 0 heterocycles. The Morgan fingerprint density at radius 2 is 1.89 bits per heavy atom. The first-order valence-electron chi connectivity index (χ1n) is 6.39. The van der Waals surface area contributed by atoms with Gasteiger partial charge in [-0.2, -0.15) is 0 Å². The fourth-order valence-electron chi connectivity index (χ4n) is 1.93. The van der Waals surface area contributed by atoms with Crippen molar-refractivity contribution in [3.63, 3.8) is 0 Å². The highest BCUT2D eigenvalue weighted by molar-refractivity contribution is 6.30. The number of hydrogen-bond acceptors (Lipinski definition) is 1. The van der Waals surface area contributed by atoms with Crippen LogP contribution in [0.2, 0.25) is 5.02 Å². The van der Waals surface area contributed by atoms with Gasteiger partial charge in [0, 0.05) is 11.6 Å². The summed E-state index contributed by atoms with van der Waals surface area (Å²) in [6.45, 7) is 6.88. The summed E-state index contributed by atoms with van der Waals surface area (Å²) in [5.41, 5.74) is 0.361. The maximum absolute atomic E-state index is 13.9. The molecule has 1 rings (SSSR count). The van der Waals surface area contributed by atoms with Gasteiger partial charge in [-0.1, -0.05) is 38.8 Å². The molecule has 1 nitrogen and oxygen atoms in total. The van der Waals surface area contributed by atoms with Crippen molar-refractivity contribution < 1.29 is 8.78 Å². The lowest BCUT2D eigenvalue weighted by atomic mass is 9.92. The molecule has 0 saturated heterocycles. The van der Waals surface area contributed by atoms with Crippen LogP contribution in [0.15, 0.2) is 12.1 Å². The molecular weight excluding hydrogens is 256 g/mol. The molecule has 1 aromatic carbocycles. The average Bonchev–Trinajstić information content (AvgIpc) is 2.35. The second-order valence-electron chi connectivity index (χ2n) is 4.61. The lowest BCUT2D eigenvalue weighted by molar-refractivity contribution is 0.364. The Morgan fingerprint density at radius 1 is 1.22 bits per heavy atom. The molecule has 4 heteroatoms. The van der Waals surface area contributed by atoms with Crippen LogP contribution in [-0.4, -0.2) is 6.54 Å². The standard InChI is InChI=1S/C14H20ClF2N/c1-4-6-18-14(9(3)5-2)10-7-13(17)11(15)8-12(10)16/h7-9,14,18H,4-6H2,1-3H3. The van der Waals surface area contributed by atoms with Crippen LogP contribution in [0, 0.1) is 17.6 Å². The molecular formula is C14H20ClF2N. The van der Waals surface area contributed by atoms with Crippen molar-refractivity contribution in [3.8, 4) is 0 Å². The highest BCUT2D eigenvalue weighted by Crippen LogP contribution is 2.29. The topological polar surface area (TPSA) is 12.0 Å². The second-order valence-corrected chi connectivity index (χ2v) is 5.01. The molecule has 0 bridgehead atoms. The van der Waals surface area contributed by atoms with Crippen LogP contribution in [0.4, 0.5) is 8.78 Å². The van der Waals surface area contributed by atoms with E-state index in [9.17, 15) is 8.78 Å². The Hall–Kier alpha value is -0.670. The van der Waals surface area contributed by atoms with E-state index in [4.69, 9.17) is 11.6 Å². The minimum Gasteiger partial charge on any atom is -0.310 e. The zero-order valence-corrected chi connectivity index (χ0v) is 11.8. The number of halogens is 3. The average molecular weight is 276 g/mol. The predicted octanol–water partition coefficient (Wildman–Crippen LogP) is 4.71. The monoisotopic (exact) mass is 275 g/mol. The van der Waals surface area contributed by atoms with Gasteiger partial charge in [-0.15, -0.1) is 0 Å². The SMILES string of the molecule is CCCNC(c1cc(F)c(Cl)cc1F)C(C)CC. The van der Waals surface area contributed by atoms with Crippen LogP contribution in [0.1, 0.15) is 45.2 Å². The minimum atomic E-state index is -0.570. The molecule has 0 fully saturated rings. The predicted molar refractivity (Wildman–Crippen MR) is 71.9 cm³/mol. The molecule has 1 aromatic rings. The smallest absolute Gasteiger partial charge is 0.142 e. The number of rotatable bonds is 6. The van der Waals surface area contributed by atoms with E-state index >= 15 is 0 Å². The third-order valence-corrected chi connectivity index (χ3v) is 3.49. The highest BCUT2D eigenvalue weighted by Gasteiger charge is 2.22. The normalized spacial score (nSPS) is 14.6. The largest absolute Gasteiger partial charge is 0.310 e. The van der Waals surface area contributed by atoms with E-state index in [2.05, 4.69) is 5.32 Å². The molecule has 0 aliphatic carbocycles. The van der Waals surface area contributed by atoms with Gasteiger partial charge in [0.05, 0.1) is 5.02 Å². The fourth-order valence-corrected chi connectivity index (χ4v) is 2.08. The van der Waals surface area contributed by atoms with Crippen molar-refractivity contribution in [2.75, 3.05) is 6.54 Å². The van der Waals surface area contributed by atoms with Gasteiger partial charge >= 0.3 is 0 Å². The zero-order chi connectivity index (χ0) is 13.7. The first-order valence-corrected chi connectivity index (χ1v) is 6.76. The molecule has 0 saturated carbocycles. The van der Waals surface area contributed by atoms with Gasteiger partial charge in [-0.05, 0) is 31.0 Å². The van der Waals surface area contributed by atoms with E-state index in [1.807, 2.05) is 20.8 Å². The molecule has 0 spiro atoms. The Kier molecular flexibility index (Phi) is 6.03. The quantitative estimate of drug-likeness (QED) is 0.742. The van der Waals surface area contributed by atoms with Crippen LogP contribution in [0.25, 0.3) is 0 Å². The van der Waals surface area contributed by atoms with E-state index < -0.39 is 11.6 Å². The van der Waals surface area contributed by atoms with E-state index in [0.29, 0.717) is 5.56 Å². The Labute approximate surface area is 113 Å². The van der Waals surface area contributed by atoms with Crippen molar-refractivity contribution in [1.82, 2.24) is 5.32 Å². The molecule has 1 N–H and O–H groups in total. The molecule has 2 unspecified atom stereocenters. The summed E-state index contributed by atoms with van der Waals surface area (Å²) in [6, 6.07) is 2.08. The van der Waals surface area contributed by atoms with Gasteiger partial charge in [-0.25, -0.2) is 8.78 Å². The summed E-state index contributed by atoms with van der Waals surface area (Å²) in [5, 5.41) is 3.10. The second kappa shape index (κ2) is 7.05. The van der Waals surface area contributed by atoms with Gasteiger partial charge in [-0.3, -0.25) is 0 Å². The molecule has 0 aliphatic rings. The van der Waals surface area contributed by atoms with Crippen molar-refractivity contribution in [1.29, 1.82) is 0 Å². The summed E-state index contributed by atoms with van der Waals surface area (Å²) in [4.78, 5) is 0. The Morgan fingerprint density at radius 3 is 2.44 bits per heavy atom. The van der Waals surface area contributed by atoms with E-state index in [1.165, 1.54) is 6.07 Å². The van der Waals surface area contributed by atoms with Crippen LogP contribution in [0.5, 0.6) is 0 Å². The van der Waals surface area contributed by atoms with Crippen LogP contribution < -0.4 is 5.32 Å². The van der Waals surface area contributed by atoms with E-state index in [-0.39, 0.29) is 17.0 Å². The van der Waals surface area contributed by atoms with Crippen molar-refractivity contribution in [2.45, 2.75) is 39.7 Å². The summed E-state index contributed by atoms with van der Waals surface area (Å²) < 4.78 is 27.4. The third kappa shape index (κ3) is 3.66. The number of hydrogen-bond donors (Lipinski definition) is 1. The maximum Gasteiger partial charge on any atom is 0.142 e. The summed E-state index contributed by atoms with van der Waals surface area (Å²) in [6.07, 6.45) is 1.84. The van der Waals surface area contributed by atoms with Crippen LogP contribution in [0.3, 0.4) is 0 Å². The van der Waals surface area contributed by atoms with Crippen LogP contribution >= 0.6 is 11.6 Å². The summed E-state index contributed by atoms with van der Waals surface area (Å²) in [5.74, 6) is -0.790. The number of benzene rings is 1. The Balaban J connectivity index is 3.07. The van der Waals surface area contributed by atoms with Crippen molar-refractivity contribution >= 4 is 11.6 Å². The van der Waals surface area contributed by atoms with Crippen molar-refractivity contribution in [2.24, 2.45) is 5.92 Å².